The molecule has 5 nitrogen and oxygen atoms in total. The summed E-state index contributed by atoms with van der Waals surface area (Å²) in [7, 11) is 3.06. The molecule has 2 aromatic carbocycles. The molecule has 23 heavy (non-hydrogen) atoms. The van der Waals surface area contributed by atoms with Gasteiger partial charge in [-0.25, -0.2) is 0 Å². The summed E-state index contributed by atoms with van der Waals surface area (Å²) >= 11 is 0. The minimum atomic E-state index is -0.488. The molecule has 1 aromatic heterocycles. The fourth-order valence-electron chi connectivity index (χ4n) is 2.55. The molecule has 0 bridgehead atoms. The molecule has 0 unspecified atom stereocenters. The van der Waals surface area contributed by atoms with E-state index in [1.54, 1.807) is 43.5 Å². The molecule has 118 valence electrons. The monoisotopic (exact) mass is 312 g/mol. The molecule has 3 aromatic rings. The highest BCUT2D eigenvalue weighted by molar-refractivity contribution is 5.84. The molecule has 0 saturated heterocycles. The first-order valence-electron chi connectivity index (χ1n) is 7.04. The highest BCUT2D eigenvalue weighted by atomic mass is 16.5. The number of methoxy groups -OCH3 is 2. The minimum absolute atomic E-state index is 0.0749. The van der Waals surface area contributed by atoms with Gasteiger partial charge in [-0.15, -0.1) is 0 Å². The summed E-state index contributed by atoms with van der Waals surface area (Å²) < 4.78 is 16.3. The van der Waals surface area contributed by atoms with Gasteiger partial charge in [-0.3, -0.25) is 4.79 Å². The summed E-state index contributed by atoms with van der Waals surface area (Å²) in [4.78, 5) is 12.5. The van der Waals surface area contributed by atoms with E-state index in [0.717, 1.165) is 5.56 Å². The number of rotatable bonds is 3. The third-order valence-corrected chi connectivity index (χ3v) is 3.74. The smallest absolute Gasteiger partial charge is 0.235 e. The first-order chi connectivity index (χ1) is 11.1. The Morgan fingerprint density at radius 2 is 1.74 bits per heavy atom. The molecule has 1 N–H and O–H groups in total. The van der Waals surface area contributed by atoms with Crippen molar-refractivity contribution >= 4 is 11.0 Å². The maximum Gasteiger partial charge on any atom is 0.235 e. The zero-order chi connectivity index (χ0) is 16.6. The quantitative estimate of drug-likeness (QED) is 0.801. The van der Waals surface area contributed by atoms with E-state index in [-0.39, 0.29) is 5.76 Å². The second-order valence-corrected chi connectivity index (χ2v) is 5.13. The van der Waals surface area contributed by atoms with Crippen LogP contribution in [-0.4, -0.2) is 19.3 Å². The van der Waals surface area contributed by atoms with E-state index < -0.39 is 11.2 Å². The van der Waals surface area contributed by atoms with Crippen molar-refractivity contribution < 1.29 is 19.0 Å². The van der Waals surface area contributed by atoms with E-state index in [9.17, 15) is 9.90 Å². The Hall–Kier alpha value is -2.95. The van der Waals surface area contributed by atoms with Crippen LogP contribution in [-0.2, 0) is 0 Å². The molecule has 0 atom stereocenters. The first-order valence-corrected chi connectivity index (χ1v) is 7.04. The number of hydrogen-bond acceptors (Lipinski definition) is 5. The molecule has 0 saturated carbocycles. The van der Waals surface area contributed by atoms with Crippen molar-refractivity contribution in [3.63, 3.8) is 0 Å². The SMILES string of the molecule is COc1cc2oc(-c3ccccc3OC)c(O)c(=O)c2cc1C. The number of fused-ring (bicyclic) bond motifs is 1. The van der Waals surface area contributed by atoms with Crippen LogP contribution in [0, 0.1) is 6.92 Å². The van der Waals surface area contributed by atoms with Crippen LogP contribution in [0.15, 0.2) is 45.6 Å². The first kappa shape index (κ1) is 15.0. The van der Waals surface area contributed by atoms with Gasteiger partial charge < -0.3 is 19.0 Å². The predicted molar refractivity (Wildman–Crippen MR) is 87.4 cm³/mol. The third kappa shape index (κ3) is 2.40. The van der Waals surface area contributed by atoms with Gasteiger partial charge >= 0.3 is 0 Å². The normalized spacial score (nSPS) is 10.7. The maximum atomic E-state index is 12.5. The lowest BCUT2D eigenvalue weighted by Crippen LogP contribution is -2.04. The molecule has 1 heterocycles. The van der Waals surface area contributed by atoms with E-state index in [2.05, 4.69) is 0 Å². The van der Waals surface area contributed by atoms with Crippen LogP contribution in [0.5, 0.6) is 17.2 Å². The van der Waals surface area contributed by atoms with Crippen molar-refractivity contribution in [2.75, 3.05) is 14.2 Å². The van der Waals surface area contributed by atoms with Gasteiger partial charge in [0, 0.05) is 6.07 Å². The van der Waals surface area contributed by atoms with Gasteiger partial charge in [0.05, 0.1) is 25.2 Å². The molecule has 0 aliphatic carbocycles. The predicted octanol–water partition coefficient (Wildman–Crippen LogP) is 3.49. The average Bonchev–Trinajstić information content (AvgIpc) is 2.58. The van der Waals surface area contributed by atoms with Gasteiger partial charge in [0.25, 0.3) is 0 Å². The molecular weight excluding hydrogens is 296 g/mol. The lowest BCUT2D eigenvalue weighted by Gasteiger charge is -2.11. The average molecular weight is 312 g/mol. The van der Waals surface area contributed by atoms with Gasteiger partial charge in [0.1, 0.15) is 17.1 Å². The lowest BCUT2D eigenvalue weighted by molar-refractivity contribution is 0.408. The van der Waals surface area contributed by atoms with Crippen molar-refractivity contribution in [3.8, 4) is 28.6 Å². The summed E-state index contributed by atoms with van der Waals surface area (Å²) in [5.74, 6) is 0.749. The Balaban J connectivity index is 2.37. The number of para-hydroxylation sites is 1. The number of aromatic hydroxyl groups is 1. The van der Waals surface area contributed by atoms with Crippen LogP contribution in [0.3, 0.4) is 0 Å². The highest BCUT2D eigenvalue weighted by Crippen LogP contribution is 2.37. The number of hydrogen-bond donors (Lipinski definition) is 1. The second kappa shape index (κ2) is 5.68. The molecule has 0 fully saturated rings. The van der Waals surface area contributed by atoms with E-state index in [1.807, 2.05) is 6.92 Å². The van der Waals surface area contributed by atoms with Gasteiger partial charge in [-0.1, -0.05) is 12.1 Å². The molecular formula is C18H16O5. The number of aryl methyl sites for hydroxylation is 1. The second-order valence-electron chi connectivity index (χ2n) is 5.13. The molecule has 3 rings (SSSR count). The summed E-state index contributed by atoms with van der Waals surface area (Å²) in [6.07, 6.45) is 0. The molecule has 0 aliphatic heterocycles. The van der Waals surface area contributed by atoms with E-state index in [4.69, 9.17) is 13.9 Å². The van der Waals surface area contributed by atoms with Gasteiger partial charge in [0.15, 0.2) is 5.76 Å². The standard InChI is InChI=1S/C18H16O5/c1-10-8-12-15(9-14(10)22-3)23-18(17(20)16(12)19)11-6-4-5-7-13(11)21-2/h4-9,20H,1-3H3. The molecule has 0 aliphatic rings. The fourth-order valence-corrected chi connectivity index (χ4v) is 2.55. The summed E-state index contributed by atoms with van der Waals surface area (Å²) in [5, 5.41) is 10.6. The summed E-state index contributed by atoms with van der Waals surface area (Å²) in [5.41, 5.74) is 1.15. The molecule has 5 heteroatoms. The Morgan fingerprint density at radius 3 is 2.43 bits per heavy atom. The topological polar surface area (TPSA) is 68.9 Å². The summed E-state index contributed by atoms with van der Waals surface area (Å²) in [6.45, 7) is 1.82. The van der Waals surface area contributed by atoms with Crippen molar-refractivity contribution in [2.24, 2.45) is 0 Å². The number of benzene rings is 2. The Kier molecular flexibility index (Phi) is 3.70. The van der Waals surface area contributed by atoms with Gasteiger partial charge in [-0.05, 0) is 30.7 Å². The molecule has 0 amide bonds. The van der Waals surface area contributed by atoms with Crippen molar-refractivity contribution in [3.05, 3.63) is 52.2 Å². The van der Waals surface area contributed by atoms with Crippen LogP contribution in [0.25, 0.3) is 22.3 Å². The van der Waals surface area contributed by atoms with E-state index >= 15 is 0 Å². The fraction of sp³-hybridized carbons (Fsp3) is 0.167. The maximum absolute atomic E-state index is 12.5. The molecule has 0 spiro atoms. The van der Waals surface area contributed by atoms with Crippen molar-refractivity contribution in [1.82, 2.24) is 0 Å². The zero-order valence-electron chi connectivity index (χ0n) is 13.0. The number of ether oxygens (including phenoxy) is 2. The van der Waals surface area contributed by atoms with Crippen LogP contribution in [0.4, 0.5) is 0 Å². The van der Waals surface area contributed by atoms with Crippen molar-refractivity contribution in [1.29, 1.82) is 0 Å². The van der Waals surface area contributed by atoms with Crippen LogP contribution >= 0.6 is 0 Å². The Labute approximate surface area is 132 Å². The van der Waals surface area contributed by atoms with E-state index in [0.29, 0.717) is 28.0 Å². The molecule has 0 radical (unpaired) electrons. The lowest BCUT2D eigenvalue weighted by atomic mass is 10.1. The largest absolute Gasteiger partial charge is 0.502 e. The highest BCUT2D eigenvalue weighted by Gasteiger charge is 2.19. The minimum Gasteiger partial charge on any atom is -0.502 e. The zero-order valence-corrected chi connectivity index (χ0v) is 13.0. The van der Waals surface area contributed by atoms with Crippen LogP contribution in [0.1, 0.15) is 5.56 Å². The van der Waals surface area contributed by atoms with E-state index in [1.165, 1.54) is 7.11 Å². The third-order valence-electron chi connectivity index (χ3n) is 3.74. The Bertz CT molecular complexity index is 940. The van der Waals surface area contributed by atoms with Gasteiger partial charge in [-0.2, -0.15) is 0 Å². The summed E-state index contributed by atoms with van der Waals surface area (Å²) in [6, 6.07) is 10.3. The van der Waals surface area contributed by atoms with Crippen LogP contribution < -0.4 is 14.9 Å². The van der Waals surface area contributed by atoms with Gasteiger partial charge in [0.2, 0.25) is 11.2 Å². The van der Waals surface area contributed by atoms with Crippen LogP contribution in [0.2, 0.25) is 0 Å². The Morgan fingerprint density at radius 1 is 1.04 bits per heavy atom. The van der Waals surface area contributed by atoms with Crippen molar-refractivity contribution in [2.45, 2.75) is 6.92 Å².